The average molecular weight is 419 g/mol. The van der Waals surface area contributed by atoms with E-state index in [1.807, 2.05) is 6.20 Å². The summed E-state index contributed by atoms with van der Waals surface area (Å²) in [6, 6.07) is 8.82. The first kappa shape index (κ1) is 19.6. The highest BCUT2D eigenvalue weighted by Crippen LogP contribution is 2.26. The summed E-state index contributed by atoms with van der Waals surface area (Å²) in [6.45, 7) is 3.19. The van der Waals surface area contributed by atoms with Crippen molar-refractivity contribution in [2.24, 2.45) is 0 Å². The van der Waals surface area contributed by atoms with E-state index in [2.05, 4.69) is 50.0 Å². The number of hydrogen-bond donors (Lipinski definition) is 2. The summed E-state index contributed by atoms with van der Waals surface area (Å²) in [4.78, 5) is 23.7. The minimum atomic E-state index is -0.524. The second-order valence-corrected chi connectivity index (χ2v) is 8.11. The lowest BCUT2D eigenvalue weighted by Crippen LogP contribution is -2.35. The smallest absolute Gasteiger partial charge is 0.252 e. The van der Waals surface area contributed by atoms with E-state index in [-0.39, 0.29) is 5.91 Å². The summed E-state index contributed by atoms with van der Waals surface area (Å²) in [5, 5.41) is 13.7. The third kappa shape index (κ3) is 4.27. The summed E-state index contributed by atoms with van der Waals surface area (Å²) < 4.78 is 5.71. The molecule has 2 aromatic heterocycles. The maximum absolute atomic E-state index is 12.8. The Hall–Kier alpha value is -3.33. The van der Waals surface area contributed by atoms with Crippen LogP contribution in [0.15, 0.2) is 36.7 Å². The number of carbonyl (C=O) groups excluding carboxylic acids is 1. The Labute approximate surface area is 180 Å². The fraction of sp³-hybridized carbons (Fsp3) is 0.409. The van der Waals surface area contributed by atoms with E-state index in [1.165, 1.54) is 11.1 Å². The van der Waals surface area contributed by atoms with Crippen LogP contribution < -0.4 is 5.32 Å². The predicted octanol–water partition coefficient (Wildman–Crippen LogP) is 1.66. The van der Waals surface area contributed by atoms with Gasteiger partial charge in [0.2, 0.25) is 5.95 Å². The lowest BCUT2D eigenvalue weighted by Gasteiger charge is -2.20. The number of ether oxygens (including phenoxy) is 1. The number of nitrogens with one attached hydrogen (secondary N) is 2. The van der Waals surface area contributed by atoms with Gasteiger partial charge in [0.25, 0.3) is 5.91 Å². The van der Waals surface area contributed by atoms with E-state index in [9.17, 15) is 4.79 Å². The average Bonchev–Trinajstić information content (AvgIpc) is 3.51. The summed E-state index contributed by atoms with van der Waals surface area (Å²) in [6.07, 6.45) is 5.59. The summed E-state index contributed by atoms with van der Waals surface area (Å²) in [5.74, 6) is 0.585. The van der Waals surface area contributed by atoms with Crippen LogP contribution in [0.2, 0.25) is 0 Å². The Balaban J connectivity index is 1.15. The highest BCUT2D eigenvalue weighted by Gasteiger charge is 2.29. The number of carbonyl (C=O) groups is 1. The normalized spacial score (nSPS) is 16.2. The number of H-pyrrole nitrogens is 1. The molecular formula is C22H25N7O2. The van der Waals surface area contributed by atoms with E-state index in [4.69, 9.17) is 9.72 Å². The van der Waals surface area contributed by atoms with E-state index in [0.717, 1.165) is 29.8 Å². The van der Waals surface area contributed by atoms with Crippen molar-refractivity contribution >= 4 is 11.9 Å². The van der Waals surface area contributed by atoms with Gasteiger partial charge in [-0.15, -0.1) is 5.10 Å². The molecule has 0 bridgehead atoms. The Morgan fingerprint density at radius 2 is 2.06 bits per heavy atom. The van der Waals surface area contributed by atoms with Crippen molar-refractivity contribution in [1.82, 2.24) is 30.3 Å². The molecule has 9 nitrogen and oxygen atoms in total. The molecule has 0 radical (unpaired) electrons. The molecule has 0 saturated heterocycles. The molecule has 1 atom stereocenters. The highest BCUT2D eigenvalue weighted by molar-refractivity contribution is 5.81. The van der Waals surface area contributed by atoms with E-state index in [1.54, 1.807) is 18.0 Å². The monoisotopic (exact) mass is 419 g/mol. The van der Waals surface area contributed by atoms with Gasteiger partial charge in [-0.3, -0.25) is 9.89 Å². The van der Waals surface area contributed by atoms with E-state index >= 15 is 0 Å². The molecule has 1 aromatic carbocycles. The topological polar surface area (TPSA) is 109 Å². The standard InChI is InChI=1S/C22H25N7O2/c1-14(31-7-6-18-11-24-28-27-18)21(30)29-12-17-10-23-22(26-20(17)13-29)25-19-8-15-4-2-3-5-16(15)9-19/h2-5,10-11,14,19H,6-9,12-13H2,1H3,(H,23,25,26)(H,24,27,28)/t14-/m1/s1. The van der Waals surface area contributed by atoms with Gasteiger partial charge < -0.3 is 15.0 Å². The van der Waals surface area contributed by atoms with Crippen molar-refractivity contribution in [3.05, 3.63) is 64.7 Å². The Morgan fingerprint density at radius 3 is 2.81 bits per heavy atom. The number of nitrogens with zero attached hydrogens (tertiary/aromatic N) is 5. The second-order valence-electron chi connectivity index (χ2n) is 8.11. The quantitative estimate of drug-likeness (QED) is 0.599. The molecule has 2 aliphatic rings. The largest absolute Gasteiger partial charge is 0.368 e. The lowest BCUT2D eigenvalue weighted by molar-refractivity contribution is -0.143. The molecule has 0 unspecified atom stereocenters. The summed E-state index contributed by atoms with van der Waals surface area (Å²) in [5.41, 5.74) is 5.47. The third-order valence-corrected chi connectivity index (χ3v) is 5.89. The maximum Gasteiger partial charge on any atom is 0.252 e. The lowest BCUT2D eigenvalue weighted by atomic mass is 10.1. The van der Waals surface area contributed by atoms with Gasteiger partial charge in [-0.25, -0.2) is 9.97 Å². The van der Waals surface area contributed by atoms with Gasteiger partial charge in [0.05, 0.1) is 24.5 Å². The van der Waals surface area contributed by atoms with Crippen molar-refractivity contribution in [3.8, 4) is 0 Å². The minimum absolute atomic E-state index is 0.0427. The highest BCUT2D eigenvalue weighted by atomic mass is 16.5. The molecule has 0 fully saturated rings. The SMILES string of the molecule is C[C@@H](OCCc1c[nH]nn1)C(=O)N1Cc2cnc(NC3Cc4ccccc4C3)nc2C1. The first-order chi connectivity index (χ1) is 15.2. The number of hydrogen-bond acceptors (Lipinski definition) is 7. The summed E-state index contributed by atoms with van der Waals surface area (Å²) in [7, 11) is 0. The van der Waals surface area contributed by atoms with Crippen LogP contribution >= 0.6 is 0 Å². The minimum Gasteiger partial charge on any atom is -0.368 e. The van der Waals surface area contributed by atoms with Crippen molar-refractivity contribution in [2.75, 3.05) is 11.9 Å². The van der Waals surface area contributed by atoms with Crippen LogP contribution in [0, 0.1) is 0 Å². The van der Waals surface area contributed by atoms with Crippen LogP contribution in [-0.4, -0.2) is 54.9 Å². The van der Waals surface area contributed by atoms with Crippen molar-refractivity contribution < 1.29 is 9.53 Å². The van der Waals surface area contributed by atoms with Crippen LogP contribution in [0.25, 0.3) is 0 Å². The molecule has 2 N–H and O–H groups in total. The van der Waals surface area contributed by atoms with Gasteiger partial charge in [-0.2, -0.15) is 0 Å². The fourth-order valence-corrected chi connectivity index (χ4v) is 4.24. The Kier molecular flexibility index (Phi) is 5.33. The van der Waals surface area contributed by atoms with Gasteiger partial charge in [0.1, 0.15) is 6.10 Å². The molecule has 31 heavy (non-hydrogen) atoms. The van der Waals surface area contributed by atoms with Crippen LogP contribution in [-0.2, 0) is 41.9 Å². The number of amides is 1. The van der Waals surface area contributed by atoms with Crippen LogP contribution in [0.4, 0.5) is 5.95 Å². The van der Waals surface area contributed by atoms with E-state index in [0.29, 0.717) is 38.1 Å². The van der Waals surface area contributed by atoms with Gasteiger partial charge in [-0.05, 0) is 30.9 Å². The third-order valence-electron chi connectivity index (χ3n) is 5.89. The Morgan fingerprint density at radius 1 is 1.26 bits per heavy atom. The summed E-state index contributed by atoms with van der Waals surface area (Å²) >= 11 is 0. The molecule has 1 amide bonds. The fourth-order valence-electron chi connectivity index (χ4n) is 4.24. The zero-order chi connectivity index (χ0) is 21.2. The number of fused-ring (bicyclic) bond motifs is 2. The molecule has 0 spiro atoms. The van der Waals surface area contributed by atoms with Crippen molar-refractivity contribution in [3.63, 3.8) is 0 Å². The van der Waals surface area contributed by atoms with Gasteiger partial charge in [0, 0.05) is 37.0 Å². The predicted molar refractivity (Wildman–Crippen MR) is 113 cm³/mol. The first-order valence-corrected chi connectivity index (χ1v) is 10.6. The number of anilines is 1. The molecule has 160 valence electrons. The Bertz CT molecular complexity index is 1040. The van der Waals surface area contributed by atoms with Gasteiger partial charge >= 0.3 is 0 Å². The molecule has 5 rings (SSSR count). The molecule has 1 aliphatic heterocycles. The zero-order valence-corrected chi connectivity index (χ0v) is 17.4. The molecular weight excluding hydrogens is 394 g/mol. The first-order valence-electron chi connectivity index (χ1n) is 10.6. The molecule has 3 aromatic rings. The van der Waals surface area contributed by atoms with Crippen LogP contribution in [0.3, 0.4) is 0 Å². The van der Waals surface area contributed by atoms with Crippen LogP contribution in [0.1, 0.15) is 35.0 Å². The molecule has 9 heteroatoms. The molecule has 0 saturated carbocycles. The number of aromatic nitrogens is 5. The number of rotatable bonds is 7. The van der Waals surface area contributed by atoms with E-state index < -0.39 is 6.10 Å². The van der Waals surface area contributed by atoms with Crippen LogP contribution in [0.5, 0.6) is 0 Å². The molecule has 3 heterocycles. The molecule has 1 aliphatic carbocycles. The zero-order valence-electron chi connectivity index (χ0n) is 17.4. The van der Waals surface area contributed by atoms with Gasteiger partial charge in [-0.1, -0.05) is 29.5 Å². The van der Waals surface area contributed by atoms with Crippen molar-refractivity contribution in [2.45, 2.75) is 51.4 Å². The maximum atomic E-state index is 12.8. The van der Waals surface area contributed by atoms with Gasteiger partial charge in [0.15, 0.2) is 0 Å². The number of benzene rings is 1. The second kappa shape index (κ2) is 8.43. The number of aromatic amines is 1. The van der Waals surface area contributed by atoms with Crippen molar-refractivity contribution in [1.29, 1.82) is 0 Å².